The van der Waals surface area contributed by atoms with Gasteiger partial charge in [-0.25, -0.2) is 0 Å². The second kappa shape index (κ2) is 3.67. The second-order valence-corrected chi connectivity index (χ2v) is 4.51. The molecule has 3 heterocycles. The number of imidazole rings is 1. The smallest absolute Gasteiger partial charge is 0.415 e. The van der Waals surface area contributed by atoms with Crippen molar-refractivity contribution in [3.8, 4) is 6.01 Å². The van der Waals surface area contributed by atoms with Crippen molar-refractivity contribution in [3.05, 3.63) is 50.6 Å². The number of hydrogen-bond acceptors (Lipinski definition) is 5. The third kappa shape index (κ3) is 1.68. The fourth-order valence-corrected chi connectivity index (χ4v) is 2.21. The first-order valence-electron chi connectivity index (χ1n) is 5.58. The fraction of sp³-hybridized carbons (Fsp3) is 0.273. The van der Waals surface area contributed by atoms with E-state index in [0.29, 0.717) is 12.1 Å². The van der Waals surface area contributed by atoms with Crippen molar-refractivity contribution < 1.29 is 9.66 Å². The summed E-state index contributed by atoms with van der Waals surface area (Å²) < 4.78 is 7.15. The molecule has 1 N–H and O–H groups in total. The number of hydrogen-bond donors (Lipinski definition) is 1. The third-order valence-corrected chi connectivity index (χ3v) is 3.09. The molecule has 1 unspecified atom stereocenters. The molecule has 0 fully saturated rings. The molecule has 0 spiro atoms. The summed E-state index contributed by atoms with van der Waals surface area (Å²) in [5.74, 6) is -0.265. The van der Waals surface area contributed by atoms with Gasteiger partial charge in [0.05, 0.1) is 12.1 Å². The summed E-state index contributed by atoms with van der Waals surface area (Å²) in [7, 11) is 0. The highest BCUT2D eigenvalue weighted by Crippen LogP contribution is 2.36. The Morgan fingerprint density at radius 2 is 2.42 bits per heavy atom. The van der Waals surface area contributed by atoms with Gasteiger partial charge in [0, 0.05) is 11.2 Å². The molecule has 0 radical (unpaired) electrons. The van der Waals surface area contributed by atoms with Crippen LogP contribution in [0.25, 0.3) is 0 Å². The van der Waals surface area contributed by atoms with E-state index in [1.165, 1.54) is 17.0 Å². The standard InChI is InChI=1S/C11H10N4O4/c1-11(7-3-2-4-12-9(7)16)6-14-5-8(15(17)18)13-10(14)19-11/h2-5H,6H2,1H3,(H,12,16). The van der Waals surface area contributed by atoms with Gasteiger partial charge in [-0.05, 0) is 24.0 Å². The molecule has 1 atom stereocenters. The van der Waals surface area contributed by atoms with E-state index in [0.717, 1.165) is 0 Å². The van der Waals surface area contributed by atoms with Crippen LogP contribution in [-0.4, -0.2) is 19.5 Å². The van der Waals surface area contributed by atoms with Gasteiger partial charge in [0.2, 0.25) is 0 Å². The number of aromatic amines is 1. The maximum absolute atomic E-state index is 11.8. The van der Waals surface area contributed by atoms with Crippen LogP contribution in [0.2, 0.25) is 0 Å². The average molecular weight is 262 g/mol. The number of pyridine rings is 1. The van der Waals surface area contributed by atoms with Gasteiger partial charge >= 0.3 is 11.8 Å². The average Bonchev–Trinajstić information content (AvgIpc) is 2.85. The lowest BCUT2D eigenvalue weighted by molar-refractivity contribution is -0.389. The number of H-pyrrole nitrogens is 1. The first-order chi connectivity index (χ1) is 8.99. The largest absolute Gasteiger partial charge is 0.432 e. The summed E-state index contributed by atoms with van der Waals surface area (Å²) in [6, 6.07) is 3.52. The number of ether oxygens (including phenoxy) is 1. The van der Waals surface area contributed by atoms with Crippen molar-refractivity contribution >= 4 is 5.82 Å². The molecule has 8 nitrogen and oxygen atoms in total. The monoisotopic (exact) mass is 262 g/mol. The normalized spacial score (nSPS) is 20.9. The van der Waals surface area contributed by atoms with Gasteiger partial charge in [-0.2, -0.15) is 0 Å². The number of fused-ring (bicyclic) bond motifs is 1. The van der Waals surface area contributed by atoms with Gasteiger partial charge in [-0.1, -0.05) is 0 Å². The minimum Gasteiger partial charge on any atom is -0.432 e. The van der Waals surface area contributed by atoms with Crippen LogP contribution in [-0.2, 0) is 12.1 Å². The van der Waals surface area contributed by atoms with E-state index in [9.17, 15) is 14.9 Å². The Balaban J connectivity index is 1.99. The Morgan fingerprint density at radius 3 is 3.05 bits per heavy atom. The molecule has 0 aromatic carbocycles. The van der Waals surface area contributed by atoms with Gasteiger partial charge in [0.1, 0.15) is 6.20 Å². The first kappa shape index (κ1) is 11.5. The minimum atomic E-state index is -0.869. The van der Waals surface area contributed by atoms with Crippen LogP contribution in [0.1, 0.15) is 12.5 Å². The van der Waals surface area contributed by atoms with E-state index in [2.05, 4.69) is 9.97 Å². The van der Waals surface area contributed by atoms with Crippen LogP contribution in [0.15, 0.2) is 29.3 Å². The lowest BCUT2D eigenvalue weighted by Gasteiger charge is -2.20. The maximum Gasteiger partial charge on any atom is 0.415 e. The molecule has 2 aromatic heterocycles. The van der Waals surface area contributed by atoms with Gasteiger partial charge in [-0.3, -0.25) is 9.36 Å². The Labute approximate surface area is 106 Å². The van der Waals surface area contributed by atoms with Crippen LogP contribution in [0.4, 0.5) is 5.82 Å². The summed E-state index contributed by atoms with van der Waals surface area (Å²) in [5, 5.41) is 10.6. The summed E-state index contributed by atoms with van der Waals surface area (Å²) in [6.07, 6.45) is 2.84. The topological polar surface area (TPSA) is 103 Å². The van der Waals surface area contributed by atoms with Crippen molar-refractivity contribution in [1.29, 1.82) is 0 Å². The summed E-state index contributed by atoms with van der Waals surface area (Å²) in [4.78, 5) is 28.2. The lowest BCUT2D eigenvalue weighted by Crippen LogP contribution is -2.34. The molecule has 0 aliphatic carbocycles. The van der Waals surface area contributed by atoms with E-state index in [1.54, 1.807) is 19.1 Å². The molecule has 0 bridgehead atoms. The molecule has 3 rings (SSSR count). The fourth-order valence-electron chi connectivity index (χ4n) is 2.21. The molecule has 8 heteroatoms. The molecule has 1 aliphatic rings. The van der Waals surface area contributed by atoms with Crippen molar-refractivity contribution in [2.45, 2.75) is 19.1 Å². The Morgan fingerprint density at radius 1 is 1.63 bits per heavy atom. The van der Waals surface area contributed by atoms with Crippen molar-refractivity contribution in [3.63, 3.8) is 0 Å². The van der Waals surface area contributed by atoms with Gasteiger partial charge in [-0.15, -0.1) is 0 Å². The zero-order chi connectivity index (χ0) is 13.6. The van der Waals surface area contributed by atoms with Gasteiger partial charge < -0.3 is 19.8 Å². The summed E-state index contributed by atoms with van der Waals surface area (Å²) >= 11 is 0. The molecule has 0 saturated heterocycles. The third-order valence-electron chi connectivity index (χ3n) is 3.09. The quantitative estimate of drug-likeness (QED) is 0.636. The first-order valence-corrected chi connectivity index (χ1v) is 5.58. The molecule has 2 aromatic rings. The van der Waals surface area contributed by atoms with E-state index in [4.69, 9.17) is 4.74 Å². The van der Waals surface area contributed by atoms with Crippen LogP contribution in [0, 0.1) is 10.1 Å². The SMILES string of the molecule is CC1(c2ccc[nH]c2=O)Cn2cc([N+](=O)[O-])nc2O1. The maximum atomic E-state index is 11.8. The Kier molecular flexibility index (Phi) is 2.21. The predicted molar refractivity (Wildman–Crippen MR) is 63.9 cm³/mol. The molecule has 98 valence electrons. The van der Waals surface area contributed by atoms with E-state index in [1.807, 2.05) is 0 Å². The van der Waals surface area contributed by atoms with Crippen LogP contribution >= 0.6 is 0 Å². The minimum absolute atomic E-state index is 0.150. The molecule has 0 amide bonds. The van der Waals surface area contributed by atoms with E-state index in [-0.39, 0.29) is 17.4 Å². The highest BCUT2D eigenvalue weighted by molar-refractivity contribution is 5.28. The zero-order valence-electron chi connectivity index (χ0n) is 9.99. The Bertz CT molecular complexity index is 694. The molecular formula is C11H10N4O4. The van der Waals surface area contributed by atoms with Crippen LogP contribution in [0.3, 0.4) is 0 Å². The number of nitro groups is 1. The number of nitrogens with zero attached hydrogens (tertiary/aromatic N) is 3. The Hall–Kier alpha value is -2.64. The van der Waals surface area contributed by atoms with Gasteiger partial charge in [0.25, 0.3) is 5.56 Å². The van der Waals surface area contributed by atoms with E-state index >= 15 is 0 Å². The van der Waals surface area contributed by atoms with Crippen molar-refractivity contribution in [1.82, 2.24) is 14.5 Å². The van der Waals surface area contributed by atoms with Crippen LogP contribution < -0.4 is 10.3 Å². The van der Waals surface area contributed by atoms with E-state index < -0.39 is 10.5 Å². The highest BCUT2D eigenvalue weighted by atomic mass is 16.6. The zero-order valence-corrected chi connectivity index (χ0v) is 9.99. The highest BCUT2D eigenvalue weighted by Gasteiger charge is 2.43. The summed E-state index contributed by atoms with van der Waals surface area (Å²) in [6.45, 7) is 2.05. The van der Waals surface area contributed by atoms with Gasteiger partial charge in [0.15, 0.2) is 5.60 Å². The predicted octanol–water partition coefficient (Wildman–Crippen LogP) is 0.787. The number of nitrogens with one attached hydrogen (secondary N) is 1. The molecule has 1 aliphatic heterocycles. The van der Waals surface area contributed by atoms with Crippen LogP contribution in [0.5, 0.6) is 6.01 Å². The summed E-state index contributed by atoms with van der Waals surface area (Å²) in [5.41, 5.74) is -0.653. The molecule has 0 saturated carbocycles. The van der Waals surface area contributed by atoms with Crippen molar-refractivity contribution in [2.24, 2.45) is 0 Å². The lowest BCUT2D eigenvalue weighted by atomic mass is 9.98. The number of aromatic nitrogens is 3. The number of rotatable bonds is 2. The molecular weight excluding hydrogens is 252 g/mol. The second-order valence-electron chi connectivity index (χ2n) is 4.51. The van der Waals surface area contributed by atoms with Crippen molar-refractivity contribution in [2.75, 3.05) is 0 Å². The molecule has 19 heavy (non-hydrogen) atoms.